The number of ketones is 3. The molecule has 0 unspecified atom stereocenters. The third kappa shape index (κ3) is 9.64. The lowest BCUT2D eigenvalue weighted by molar-refractivity contribution is 0.0852. The molecule has 0 bridgehead atoms. The van der Waals surface area contributed by atoms with Crippen LogP contribution in [0.15, 0.2) is 54.6 Å². The molecule has 3 rings (SSSR count). The van der Waals surface area contributed by atoms with Crippen LogP contribution in [-0.4, -0.2) is 22.2 Å². The maximum absolute atomic E-state index is 12.8. The summed E-state index contributed by atoms with van der Waals surface area (Å²) in [4.78, 5) is 40.7. The zero-order valence-electron chi connectivity index (χ0n) is 27.0. The molecule has 3 aromatic rings. The van der Waals surface area contributed by atoms with Gasteiger partial charge in [-0.05, 0) is 34.9 Å². The predicted octanol–water partition coefficient (Wildman–Crippen LogP) is 11.0. The minimum atomic E-state index is -0.522. The number of Topliss-reactive ketones (excluding diaryl/α,β-unsaturated/α-hetero) is 3. The van der Waals surface area contributed by atoms with Crippen LogP contribution in [0.3, 0.4) is 0 Å². The highest BCUT2D eigenvalue weighted by Gasteiger charge is 2.26. The summed E-state index contributed by atoms with van der Waals surface area (Å²) in [5.41, 5.74) is 2.67. The van der Waals surface area contributed by atoms with Crippen molar-refractivity contribution in [2.75, 3.05) is 0 Å². The highest BCUT2D eigenvalue weighted by molar-refractivity contribution is 6.32. The summed E-state index contributed by atoms with van der Waals surface area (Å²) < 4.78 is 0. The van der Waals surface area contributed by atoms with Crippen LogP contribution in [0.1, 0.15) is 110 Å². The fourth-order valence-electron chi connectivity index (χ4n) is 4.64. The van der Waals surface area contributed by atoms with E-state index >= 15 is 0 Å². The summed E-state index contributed by atoms with van der Waals surface area (Å²) in [6.45, 7) is 18.3. The Morgan fingerprint density at radius 3 is 0.909 bits per heavy atom. The average molecular weight is 680 g/mol. The van der Waals surface area contributed by atoms with Gasteiger partial charge < -0.3 is 0 Å². The van der Waals surface area contributed by atoms with Crippen LogP contribution in [-0.2, 0) is 19.6 Å². The van der Waals surface area contributed by atoms with Crippen LogP contribution in [0.2, 0.25) is 15.1 Å². The summed E-state index contributed by atoms with van der Waals surface area (Å²) in [5.74, 6) is 0.0588. The molecule has 0 heterocycles. The van der Waals surface area contributed by atoms with E-state index in [1.165, 1.54) is 0 Å². The van der Waals surface area contributed by atoms with E-state index in [2.05, 4.69) is 4.90 Å². The molecular formula is C36H43Cl4NO3. The zero-order chi connectivity index (χ0) is 32.5. The van der Waals surface area contributed by atoms with Crippen molar-refractivity contribution in [3.05, 3.63) is 103 Å². The molecule has 0 aliphatic heterocycles. The Morgan fingerprint density at radius 2 is 0.727 bits per heavy atom. The second-order valence-corrected chi connectivity index (χ2v) is 15.5. The molecule has 0 spiro atoms. The predicted molar refractivity (Wildman–Crippen MR) is 186 cm³/mol. The Kier molecular flexibility index (Phi) is 12.5. The Hall–Kier alpha value is -2.21. The Balaban J connectivity index is 0.00000675. The van der Waals surface area contributed by atoms with Gasteiger partial charge in [0.25, 0.3) is 0 Å². The Labute approximate surface area is 283 Å². The quantitative estimate of drug-likeness (QED) is 0.211. The molecule has 0 saturated heterocycles. The largest absolute Gasteiger partial charge is 0.294 e. The van der Waals surface area contributed by atoms with Gasteiger partial charge in [0.15, 0.2) is 17.3 Å². The minimum absolute atomic E-state index is 0. The van der Waals surface area contributed by atoms with Gasteiger partial charge in [0, 0.05) is 67.6 Å². The molecule has 0 N–H and O–H groups in total. The molecule has 0 saturated carbocycles. The highest BCUT2D eigenvalue weighted by Crippen LogP contribution is 2.31. The van der Waals surface area contributed by atoms with E-state index in [1.54, 1.807) is 18.2 Å². The van der Waals surface area contributed by atoms with Crippen molar-refractivity contribution in [2.24, 2.45) is 16.2 Å². The molecule has 8 heteroatoms. The average Bonchev–Trinajstić information content (AvgIpc) is 2.89. The van der Waals surface area contributed by atoms with Gasteiger partial charge in [-0.2, -0.15) is 0 Å². The highest BCUT2D eigenvalue weighted by atomic mass is 35.5. The smallest absolute Gasteiger partial charge is 0.168 e. The maximum atomic E-state index is 12.8. The van der Waals surface area contributed by atoms with Crippen molar-refractivity contribution >= 4 is 64.6 Å². The van der Waals surface area contributed by atoms with Crippen LogP contribution >= 0.6 is 47.2 Å². The molecule has 0 atom stereocenters. The molecule has 44 heavy (non-hydrogen) atoms. The van der Waals surface area contributed by atoms with Gasteiger partial charge in [-0.25, -0.2) is 0 Å². The van der Waals surface area contributed by atoms with E-state index in [0.29, 0.717) is 51.4 Å². The lowest BCUT2D eigenvalue weighted by Crippen LogP contribution is -2.24. The fourth-order valence-corrected chi connectivity index (χ4v) is 5.36. The van der Waals surface area contributed by atoms with Crippen LogP contribution in [0.4, 0.5) is 0 Å². The topological polar surface area (TPSA) is 54.5 Å². The third-order valence-corrected chi connectivity index (χ3v) is 8.23. The van der Waals surface area contributed by atoms with Crippen LogP contribution in [0, 0.1) is 16.2 Å². The minimum Gasteiger partial charge on any atom is -0.294 e. The molecule has 0 amide bonds. The molecule has 0 fully saturated rings. The first-order chi connectivity index (χ1) is 19.7. The summed E-state index contributed by atoms with van der Waals surface area (Å²) in [6, 6.07) is 16.3. The monoisotopic (exact) mass is 677 g/mol. The van der Waals surface area contributed by atoms with E-state index in [1.807, 2.05) is 98.7 Å². The fraction of sp³-hybridized carbons (Fsp3) is 0.417. The number of rotatable bonds is 9. The Bertz CT molecular complexity index is 1360. The lowest BCUT2D eigenvalue weighted by atomic mass is 9.86. The van der Waals surface area contributed by atoms with E-state index < -0.39 is 16.2 Å². The molecular weight excluding hydrogens is 636 g/mol. The number of halogens is 4. The standard InChI is InChI=1S/C36H42Cl3NO3.ClH/c1-34(2,3)31(41)22-10-13-25(28(37)16-22)19-40(20-26-14-11-23(17-29(26)38)32(42)35(4,5)6)21-27-15-12-24(18-30(27)39)33(43)36(7,8)9;/h10-18H,19-21H2,1-9H3;1H. The van der Waals surface area contributed by atoms with Crippen LogP contribution in [0.5, 0.6) is 0 Å². The molecule has 4 nitrogen and oxygen atoms in total. The summed E-state index contributed by atoms with van der Waals surface area (Å²) in [5, 5.41) is 1.48. The summed E-state index contributed by atoms with van der Waals surface area (Å²) in [6.07, 6.45) is 0. The molecule has 0 aliphatic rings. The van der Waals surface area contributed by atoms with Gasteiger partial charge in [0.05, 0.1) is 0 Å². The van der Waals surface area contributed by atoms with Gasteiger partial charge in [-0.15, -0.1) is 12.4 Å². The van der Waals surface area contributed by atoms with Gasteiger partial charge in [-0.1, -0.05) is 134 Å². The first kappa shape index (κ1) is 38.0. The summed E-state index contributed by atoms with van der Waals surface area (Å²) >= 11 is 20.2. The van der Waals surface area contributed by atoms with Crippen molar-refractivity contribution in [2.45, 2.75) is 81.9 Å². The van der Waals surface area contributed by atoms with Gasteiger partial charge >= 0.3 is 0 Å². The number of carbonyl (C=O) groups excluding carboxylic acids is 3. The number of hydrogen-bond donors (Lipinski definition) is 0. The van der Waals surface area contributed by atoms with E-state index in [4.69, 9.17) is 34.8 Å². The van der Waals surface area contributed by atoms with Gasteiger partial charge in [0.2, 0.25) is 0 Å². The molecule has 0 aliphatic carbocycles. The summed E-state index contributed by atoms with van der Waals surface area (Å²) in [7, 11) is 0. The SMILES string of the molecule is CC(C)(C)C(=O)c1ccc(CN(Cc2ccc(C(=O)C(C)(C)C)cc2Cl)Cc2ccc(C(=O)C(C)(C)C)cc2Cl)c(Cl)c1.Cl. The van der Waals surface area contributed by atoms with Crippen LogP contribution < -0.4 is 0 Å². The second kappa shape index (κ2) is 14.5. The zero-order valence-corrected chi connectivity index (χ0v) is 30.1. The third-order valence-electron chi connectivity index (χ3n) is 7.17. The van der Waals surface area contributed by atoms with E-state index in [-0.39, 0.29) is 29.8 Å². The van der Waals surface area contributed by atoms with Gasteiger partial charge in [-0.3, -0.25) is 19.3 Å². The van der Waals surface area contributed by atoms with Crippen LogP contribution in [0.25, 0.3) is 0 Å². The van der Waals surface area contributed by atoms with Crippen molar-refractivity contribution in [3.8, 4) is 0 Å². The number of hydrogen-bond acceptors (Lipinski definition) is 4. The number of carbonyl (C=O) groups is 3. The van der Waals surface area contributed by atoms with Crippen molar-refractivity contribution in [3.63, 3.8) is 0 Å². The van der Waals surface area contributed by atoms with Crippen molar-refractivity contribution < 1.29 is 14.4 Å². The second-order valence-electron chi connectivity index (χ2n) is 14.3. The molecule has 3 aromatic carbocycles. The van der Waals surface area contributed by atoms with Crippen molar-refractivity contribution in [1.82, 2.24) is 4.90 Å². The molecule has 238 valence electrons. The van der Waals surface area contributed by atoms with E-state index in [0.717, 1.165) is 16.7 Å². The van der Waals surface area contributed by atoms with E-state index in [9.17, 15) is 14.4 Å². The lowest BCUT2D eigenvalue weighted by Gasteiger charge is -2.25. The van der Waals surface area contributed by atoms with Crippen molar-refractivity contribution in [1.29, 1.82) is 0 Å². The molecule has 0 radical (unpaired) electrons. The number of nitrogens with zero attached hydrogens (tertiary/aromatic N) is 1. The first-order valence-electron chi connectivity index (χ1n) is 14.4. The maximum Gasteiger partial charge on any atom is 0.168 e. The molecule has 0 aromatic heterocycles. The normalized spacial score (nSPS) is 12.2. The number of benzene rings is 3. The van der Waals surface area contributed by atoms with Gasteiger partial charge in [0.1, 0.15) is 0 Å². The first-order valence-corrected chi connectivity index (χ1v) is 15.5. The Morgan fingerprint density at radius 1 is 0.500 bits per heavy atom.